The molecular weight excluding hydrogens is 238 g/mol. The predicted molar refractivity (Wildman–Crippen MR) is 75.0 cm³/mol. The molecule has 2 heterocycles. The molecule has 2 aromatic rings. The number of hydrogen-bond acceptors (Lipinski definition) is 3. The number of aryl methyl sites for hydroxylation is 1. The summed E-state index contributed by atoms with van der Waals surface area (Å²) < 4.78 is 0. The highest BCUT2D eigenvalue weighted by molar-refractivity contribution is 5.94. The number of fused-ring (bicyclic) bond motifs is 1. The summed E-state index contributed by atoms with van der Waals surface area (Å²) in [6, 6.07) is 11.9. The molecule has 1 aromatic carbocycles. The molecule has 2 N–H and O–H groups in total. The van der Waals surface area contributed by atoms with Crippen molar-refractivity contribution in [1.29, 1.82) is 0 Å². The highest BCUT2D eigenvalue weighted by atomic mass is 16.1. The molecule has 1 aromatic heterocycles. The first kappa shape index (κ1) is 11.7. The lowest BCUT2D eigenvalue weighted by molar-refractivity contribution is -0.116. The Morgan fingerprint density at radius 2 is 2.16 bits per heavy atom. The van der Waals surface area contributed by atoms with Crippen LogP contribution in [0.3, 0.4) is 0 Å². The van der Waals surface area contributed by atoms with Gasteiger partial charge >= 0.3 is 0 Å². The summed E-state index contributed by atoms with van der Waals surface area (Å²) in [7, 11) is 0. The molecule has 0 fully saturated rings. The van der Waals surface area contributed by atoms with Crippen LogP contribution in [0.4, 0.5) is 11.4 Å². The number of amides is 1. The van der Waals surface area contributed by atoms with Crippen molar-refractivity contribution in [2.75, 3.05) is 10.6 Å². The molecule has 0 radical (unpaired) electrons. The summed E-state index contributed by atoms with van der Waals surface area (Å²) in [4.78, 5) is 15.6. The van der Waals surface area contributed by atoms with Crippen LogP contribution >= 0.6 is 0 Å². The fourth-order valence-electron chi connectivity index (χ4n) is 2.19. The zero-order chi connectivity index (χ0) is 13.1. The lowest BCUT2D eigenvalue weighted by atomic mass is 10.0. The fourth-order valence-corrected chi connectivity index (χ4v) is 2.19. The van der Waals surface area contributed by atoms with Crippen LogP contribution in [0, 0.1) is 0 Å². The Morgan fingerprint density at radius 3 is 3.00 bits per heavy atom. The summed E-state index contributed by atoms with van der Waals surface area (Å²) in [5.41, 5.74) is 4.18. The Bertz CT molecular complexity index is 596. The maximum absolute atomic E-state index is 11.3. The number of aromatic nitrogens is 1. The molecule has 19 heavy (non-hydrogen) atoms. The number of rotatable bonds is 3. The van der Waals surface area contributed by atoms with Gasteiger partial charge in [0, 0.05) is 24.0 Å². The number of nitrogens with one attached hydrogen (secondary N) is 2. The molecule has 1 aliphatic rings. The Kier molecular flexibility index (Phi) is 3.14. The SMILES string of the molecule is O=C1CCc2cc(NCc3ccccn3)ccc2N1. The van der Waals surface area contributed by atoms with Gasteiger partial charge < -0.3 is 10.6 Å². The lowest BCUT2D eigenvalue weighted by Gasteiger charge is -2.18. The Balaban J connectivity index is 1.71. The van der Waals surface area contributed by atoms with Crippen LogP contribution in [-0.2, 0) is 17.8 Å². The molecule has 4 heteroatoms. The van der Waals surface area contributed by atoms with Gasteiger partial charge in [0.25, 0.3) is 0 Å². The fraction of sp³-hybridized carbons (Fsp3) is 0.200. The highest BCUT2D eigenvalue weighted by Crippen LogP contribution is 2.25. The van der Waals surface area contributed by atoms with Crippen molar-refractivity contribution in [3.63, 3.8) is 0 Å². The first-order chi connectivity index (χ1) is 9.31. The van der Waals surface area contributed by atoms with Gasteiger partial charge in [0.05, 0.1) is 12.2 Å². The zero-order valence-electron chi connectivity index (χ0n) is 10.5. The number of carbonyl (C=O) groups excluding carboxylic acids is 1. The highest BCUT2D eigenvalue weighted by Gasteiger charge is 2.14. The van der Waals surface area contributed by atoms with Gasteiger partial charge in [-0.3, -0.25) is 9.78 Å². The number of carbonyl (C=O) groups is 1. The summed E-state index contributed by atoms with van der Waals surface area (Å²) in [5, 5.41) is 6.23. The number of nitrogens with zero attached hydrogens (tertiary/aromatic N) is 1. The standard InChI is InChI=1S/C15H15N3O/c19-15-7-4-11-9-12(5-6-14(11)18-15)17-10-13-3-1-2-8-16-13/h1-3,5-6,8-9,17H,4,7,10H2,(H,18,19). The van der Waals surface area contributed by atoms with Crippen LogP contribution in [0.1, 0.15) is 17.7 Å². The zero-order valence-corrected chi connectivity index (χ0v) is 10.5. The maximum atomic E-state index is 11.3. The molecule has 1 aliphatic heterocycles. The van der Waals surface area contributed by atoms with Gasteiger partial charge in [-0.1, -0.05) is 6.07 Å². The molecule has 0 unspecified atom stereocenters. The van der Waals surface area contributed by atoms with Gasteiger partial charge in [0.2, 0.25) is 5.91 Å². The first-order valence-electron chi connectivity index (χ1n) is 6.38. The van der Waals surface area contributed by atoms with E-state index in [2.05, 4.69) is 21.7 Å². The van der Waals surface area contributed by atoms with E-state index in [1.165, 1.54) is 5.56 Å². The van der Waals surface area contributed by atoms with E-state index in [-0.39, 0.29) is 5.91 Å². The van der Waals surface area contributed by atoms with Gasteiger partial charge in [-0.2, -0.15) is 0 Å². The number of pyridine rings is 1. The topological polar surface area (TPSA) is 54.0 Å². The molecule has 96 valence electrons. The number of benzene rings is 1. The van der Waals surface area contributed by atoms with Gasteiger partial charge in [0.1, 0.15) is 0 Å². The Labute approximate surface area is 111 Å². The minimum atomic E-state index is 0.0988. The van der Waals surface area contributed by atoms with Crippen LogP contribution in [0.2, 0.25) is 0 Å². The molecule has 0 aliphatic carbocycles. The Hall–Kier alpha value is -2.36. The van der Waals surface area contributed by atoms with Crippen LogP contribution in [0.25, 0.3) is 0 Å². The summed E-state index contributed by atoms with van der Waals surface area (Å²) in [6.45, 7) is 0.700. The van der Waals surface area contributed by atoms with E-state index in [9.17, 15) is 4.79 Å². The van der Waals surface area contributed by atoms with E-state index >= 15 is 0 Å². The second kappa shape index (κ2) is 5.10. The van der Waals surface area contributed by atoms with Crippen molar-refractivity contribution in [2.45, 2.75) is 19.4 Å². The van der Waals surface area contributed by atoms with Crippen molar-refractivity contribution in [3.05, 3.63) is 53.9 Å². The van der Waals surface area contributed by atoms with Crippen molar-refractivity contribution in [1.82, 2.24) is 4.98 Å². The van der Waals surface area contributed by atoms with Crippen molar-refractivity contribution < 1.29 is 4.79 Å². The molecular formula is C15H15N3O. The van der Waals surface area contributed by atoms with E-state index in [1.807, 2.05) is 30.3 Å². The van der Waals surface area contributed by atoms with Crippen LogP contribution < -0.4 is 10.6 Å². The number of hydrogen-bond donors (Lipinski definition) is 2. The van der Waals surface area contributed by atoms with Crippen molar-refractivity contribution >= 4 is 17.3 Å². The molecule has 0 saturated carbocycles. The van der Waals surface area contributed by atoms with Crippen LogP contribution in [0.15, 0.2) is 42.6 Å². The average Bonchev–Trinajstić information content (AvgIpc) is 2.46. The van der Waals surface area contributed by atoms with Gasteiger partial charge in [-0.05, 0) is 42.3 Å². The summed E-state index contributed by atoms with van der Waals surface area (Å²) >= 11 is 0. The minimum Gasteiger partial charge on any atom is -0.379 e. The quantitative estimate of drug-likeness (QED) is 0.884. The third-order valence-electron chi connectivity index (χ3n) is 3.20. The largest absolute Gasteiger partial charge is 0.379 e. The maximum Gasteiger partial charge on any atom is 0.224 e. The second-order valence-electron chi connectivity index (χ2n) is 4.59. The molecule has 0 atom stereocenters. The lowest BCUT2D eigenvalue weighted by Crippen LogP contribution is -2.19. The third-order valence-corrected chi connectivity index (χ3v) is 3.20. The average molecular weight is 253 g/mol. The molecule has 3 rings (SSSR count). The third kappa shape index (κ3) is 2.73. The summed E-state index contributed by atoms with van der Waals surface area (Å²) in [6.07, 6.45) is 3.16. The van der Waals surface area contributed by atoms with Gasteiger partial charge in [-0.15, -0.1) is 0 Å². The molecule has 0 spiro atoms. The Morgan fingerprint density at radius 1 is 1.21 bits per heavy atom. The number of anilines is 2. The van der Waals surface area contributed by atoms with Crippen molar-refractivity contribution in [2.24, 2.45) is 0 Å². The predicted octanol–water partition coefficient (Wildman–Crippen LogP) is 2.58. The van der Waals surface area contributed by atoms with Gasteiger partial charge in [-0.25, -0.2) is 0 Å². The van der Waals surface area contributed by atoms with Gasteiger partial charge in [0.15, 0.2) is 0 Å². The van der Waals surface area contributed by atoms with Crippen LogP contribution in [-0.4, -0.2) is 10.9 Å². The van der Waals surface area contributed by atoms with E-state index in [0.29, 0.717) is 13.0 Å². The summed E-state index contributed by atoms with van der Waals surface area (Å²) in [5.74, 6) is 0.0988. The van der Waals surface area contributed by atoms with Crippen LogP contribution in [0.5, 0.6) is 0 Å². The van der Waals surface area contributed by atoms with E-state index in [1.54, 1.807) is 6.20 Å². The first-order valence-corrected chi connectivity index (χ1v) is 6.38. The van der Waals surface area contributed by atoms with E-state index in [4.69, 9.17) is 0 Å². The monoisotopic (exact) mass is 253 g/mol. The van der Waals surface area contributed by atoms with Crippen molar-refractivity contribution in [3.8, 4) is 0 Å². The van der Waals surface area contributed by atoms with E-state index in [0.717, 1.165) is 23.5 Å². The second-order valence-corrected chi connectivity index (χ2v) is 4.59. The molecule has 0 saturated heterocycles. The molecule has 0 bridgehead atoms. The normalized spacial score (nSPS) is 13.6. The van der Waals surface area contributed by atoms with E-state index < -0.39 is 0 Å². The molecule has 4 nitrogen and oxygen atoms in total. The smallest absolute Gasteiger partial charge is 0.224 e. The molecule has 1 amide bonds. The minimum absolute atomic E-state index is 0.0988.